The van der Waals surface area contributed by atoms with Gasteiger partial charge in [-0.25, -0.2) is 13.5 Å². The lowest BCUT2D eigenvalue weighted by atomic mass is 10.0. The largest absolute Gasteiger partial charge is 0.249 e. The van der Waals surface area contributed by atoms with Crippen LogP contribution in [0.2, 0.25) is 0 Å². The fraction of sp³-hybridized carbons (Fsp3) is 0.0588. The molecular weight excluding hydrogens is 310 g/mol. The van der Waals surface area contributed by atoms with E-state index < -0.39 is 9.84 Å². The molecule has 3 aromatic rings. The minimum absolute atomic E-state index is 0.128. The Labute approximate surface area is 134 Å². The minimum Gasteiger partial charge on any atom is -0.249 e. The molecule has 1 N–H and O–H groups in total. The van der Waals surface area contributed by atoms with Crippen molar-refractivity contribution in [3.8, 4) is 11.1 Å². The van der Waals surface area contributed by atoms with Crippen LogP contribution in [0.4, 0.5) is 0 Å². The van der Waals surface area contributed by atoms with E-state index in [-0.39, 0.29) is 5.16 Å². The van der Waals surface area contributed by atoms with Crippen molar-refractivity contribution in [3.05, 3.63) is 66.0 Å². The van der Waals surface area contributed by atoms with Crippen LogP contribution in [0.1, 0.15) is 11.4 Å². The molecule has 0 saturated carbocycles. The van der Waals surface area contributed by atoms with Crippen molar-refractivity contribution in [2.75, 3.05) is 6.26 Å². The molecular formula is C17H15N3O2S. The number of benzene rings is 2. The van der Waals surface area contributed by atoms with E-state index in [1.54, 1.807) is 6.08 Å². The molecule has 0 saturated heterocycles. The Bertz CT molecular complexity index is 927. The van der Waals surface area contributed by atoms with Gasteiger partial charge in [-0.2, -0.15) is 10.1 Å². The summed E-state index contributed by atoms with van der Waals surface area (Å²) in [6.07, 6.45) is 4.59. The van der Waals surface area contributed by atoms with Gasteiger partial charge < -0.3 is 0 Å². The minimum atomic E-state index is -3.36. The smallest absolute Gasteiger partial charge is 0.243 e. The zero-order chi connectivity index (χ0) is 16.3. The van der Waals surface area contributed by atoms with E-state index in [4.69, 9.17) is 0 Å². The quantitative estimate of drug-likeness (QED) is 0.800. The first-order valence-electron chi connectivity index (χ1n) is 6.98. The Morgan fingerprint density at radius 3 is 2.17 bits per heavy atom. The lowest BCUT2D eigenvalue weighted by Gasteiger charge is -2.01. The van der Waals surface area contributed by atoms with Crippen molar-refractivity contribution in [2.45, 2.75) is 5.16 Å². The van der Waals surface area contributed by atoms with Gasteiger partial charge in [-0.1, -0.05) is 60.7 Å². The first-order valence-corrected chi connectivity index (χ1v) is 8.87. The molecule has 0 amide bonds. The van der Waals surface area contributed by atoms with Crippen molar-refractivity contribution in [1.29, 1.82) is 0 Å². The molecule has 0 radical (unpaired) electrons. The third kappa shape index (κ3) is 3.73. The lowest BCUT2D eigenvalue weighted by Crippen LogP contribution is -1.99. The summed E-state index contributed by atoms with van der Waals surface area (Å²) in [6, 6.07) is 18.2. The summed E-state index contributed by atoms with van der Waals surface area (Å²) in [7, 11) is -3.36. The van der Waals surface area contributed by atoms with Crippen LogP contribution in [-0.4, -0.2) is 29.9 Å². The number of nitrogens with one attached hydrogen (secondary N) is 1. The van der Waals surface area contributed by atoms with Crippen LogP contribution in [0.5, 0.6) is 0 Å². The topological polar surface area (TPSA) is 75.7 Å². The van der Waals surface area contributed by atoms with Gasteiger partial charge in [-0.3, -0.25) is 0 Å². The van der Waals surface area contributed by atoms with E-state index in [9.17, 15) is 8.42 Å². The first-order chi connectivity index (χ1) is 11.0. The van der Waals surface area contributed by atoms with Crippen molar-refractivity contribution in [3.63, 3.8) is 0 Å². The number of aromatic amines is 1. The molecule has 0 aliphatic rings. The van der Waals surface area contributed by atoms with Gasteiger partial charge in [-0.05, 0) is 22.8 Å². The van der Waals surface area contributed by atoms with Crippen LogP contribution in [0, 0.1) is 0 Å². The summed E-state index contributed by atoms with van der Waals surface area (Å²) >= 11 is 0. The van der Waals surface area contributed by atoms with Gasteiger partial charge in [0.15, 0.2) is 5.82 Å². The summed E-state index contributed by atoms with van der Waals surface area (Å²) in [6.45, 7) is 0. The summed E-state index contributed by atoms with van der Waals surface area (Å²) in [5.41, 5.74) is 3.28. The summed E-state index contributed by atoms with van der Waals surface area (Å²) in [5, 5.41) is 6.14. The monoisotopic (exact) mass is 325 g/mol. The molecule has 0 aliphatic carbocycles. The van der Waals surface area contributed by atoms with Crippen LogP contribution in [0.25, 0.3) is 23.3 Å². The van der Waals surface area contributed by atoms with Crippen LogP contribution in [-0.2, 0) is 9.84 Å². The third-order valence-corrected chi connectivity index (χ3v) is 4.16. The second-order valence-corrected chi connectivity index (χ2v) is 7.02. The van der Waals surface area contributed by atoms with Crippen molar-refractivity contribution < 1.29 is 8.42 Å². The number of hydrogen-bond acceptors (Lipinski definition) is 4. The van der Waals surface area contributed by atoms with Gasteiger partial charge in [-0.15, -0.1) is 0 Å². The van der Waals surface area contributed by atoms with E-state index >= 15 is 0 Å². The maximum Gasteiger partial charge on any atom is 0.243 e. The fourth-order valence-electron chi connectivity index (χ4n) is 2.09. The maximum atomic E-state index is 11.3. The Hall–Kier alpha value is -2.73. The number of aromatic nitrogens is 3. The molecule has 0 atom stereocenters. The predicted molar refractivity (Wildman–Crippen MR) is 90.3 cm³/mol. The number of sulfone groups is 1. The second-order valence-electron chi connectivity index (χ2n) is 5.09. The molecule has 0 spiro atoms. The highest BCUT2D eigenvalue weighted by Gasteiger charge is 2.11. The zero-order valence-electron chi connectivity index (χ0n) is 12.5. The highest BCUT2D eigenvalue weighted by molar-refractivity contribution is 7.90. The zero-order valence-corrected chi connectivity index (χ0v) is 13.3. The van der Waals surface area contributed by atoms with E-state index in [2.05, 4.69) is 27.3 Å². The Kier molecular flexibility index (Phi) is 4.08. The molecule has 6 heteroatoms. The molecule has 116 valence electrons. The molecule has 1 heterocycles. The molecule has 0 fully saturated rings. The Morgan fingerprint density at radius 2 is 1.57 bits per heavy atom. The van der Waals surface area contributed by atoms with E-state index in [1.807, 2.05) is 48.5 Å². The van der Waals surface area contributed by atoms with Crippen molar-refractivity contribution >= 4 is 22.0 Å². The second kappa shape index (κ2) is 6.18. The van der Waals surface area contributed by atoms with Crippen molar-refractivity contribution in [1.82, 2.24) is 15.2 Å². The number of H-pyrrole nitrogens is 1. The highest BCUT2D eigenvalue weighted by Crippen LogP contribution is 2.19. The average Bonchev–Trinajstić information content (AvgIpc) is 3.04. The average molecular weight is 325 g/mol. The number of nitrogens with zero attached hydrogens (tertiary/aromatic N) is 2. The Balaban J connectivity index is 1.77. The molecule has 0 aliphatic heterocycles. The molecule has 0 unspecified atom stereocenters. The van der Waals surface area contributed by atoms with Gasteiger partial charge in [0.2, 0.25) is 15.0 Å². The molecule has 3 rings (SSSR count). The lowest BCUT2D eigenvalue weighted by molar-refractivity contribution is 0.593. The van der Waals surface area contributed by atoms with E-state index in [0.717, 1.165) is 22.9 Å². The summed E-state index contributed by atoms with van der Waals surface area (Å²) in [4.78, 5) is 3.92. The molecule has 5 nitrogen and oxygen atoms in total. The predicted octanol–water partition coefficient (Wildman–Crippen LogP) is 3.05. The third-order valence-electron chi connectivity index (χ3n) is 3.28. The Morgan fingerprint density at radius 1 is 0.913 bits per heavy atom. The van der Waals surface area contributed by atoms with Gasteiger partial charge in [0.1, 0.15) is 0 Å². The molecule has 1 aromatic heterocycles. The van der Waals surface area contributed by atoms with Crippen molar-refractivity contribution in [2.24, 2.45) is 0 Å². The van der Waals surface area contributed by atoms with Crippen LogP contribution in [0.3, 0.4) is 0 Å². The van der Waals surface area contributed by atoms with Gasteiger partial charge >= 0.3 is 0 Å². The molecule has 2 aromatic carbocycles. The summed E-state index contributed by atoms with van der Waals surface area (Å²) in [5.74, 6) is 0.331. The number of hydrogen-bond donors (Lipinski definition) is 1. The van der Waals surface area contributed by atoms with Gasteiger partial charge in [0.05, 0.1) is 0 Å². The summed E-state index contributed by atoms with van der Waals surface area (Å²) < 4.78 is 22.7. The molecule has 23 heavy (non-hydrogen) atoms. The SMILES string of the molecule is CS(=O)(=O)c1nc(/C=C\c2ccc(-c3ccccc3)cc2)n[nH]1. The van der Waals surface area contributed by atoms with E-state index in [0.29, 0.717) is 5.82 Å². The van der Waals surface area contributed by atoms with E-state index in [1.165, 1.54) is 0 Å². The maximum absolute atomic E-state index is 11.3. The normalized spacial score (nSPS) is 11.9. The van der Waals surface area contributed by atoms with Crippen LogP contribution in [0.15, 0.2) is 59.8 Å². The van der Waals surface area contributed by atoms with Crippen LogP contribution >= 0.6 is 0 Å². The number of rotatable bonds is 4. The van der Waals surface area contributed by atoms with Gasteiger partial charge in [0, 0.05) is 6.26 Å². The van der Waals surface area contributed by atoms with Gasteiger partial charge in [0.25, 0.3) is 0 Å². The standard InChI is InChI=1S/C17H15N3O2S/c1-23(21,22)17-18-16(19-20-17)12-9-13-7-10-15(11-8-13)14-5-3-2-4-6-14/h2-12H,1H3,(H,18,19,20)/b12-9-. The highest BCUT2D eigenvalue weighted by atomic mass is 32.2. The van der Waals surface area contributed by atoms with Crippen LogP contribution < -0.4 is 0 Å². The molecule has 0 bridgehead atoms. The first kappa shape index (κ1) is 15.2. The fourth-order valence-corrected chi connectivity index (χ4v) is 2.56.